The third-order valence-corrected chi connectivity index (χ3v) is 4.83. The van der Waals surface area contributed by atoms with E-state index in [9.17, 15) is 0 Å². The van der Waals surface area contributed by atoms with Gasteiger partial charge < -0.3 is 5.32 Å². The van der Waals surface area contributed by atoms with Gasteiger partial charge in [0.25, 0.3) is 0 Å². The molecule has 0 aromatic carbocycles. The van der Waals surface area contributed by atoms with Crippen LogP contribution in [0.25, 0.3) is 0 Å². The Labute approximate surface area is 102 Å². The second-order valence-corrected chi connectivity index (χ2v) is 6.42. The number of nitrogens with zero attached hydrogens (tertiary/aromatic N) is 1. The fourth-order valence-electron chi connectivity index (χ4n) is 2.59. The monoisotopic (exact) mass is 238 g/mol. The van der Waals surface area contributed by atoms with Gasteiger partial charge in [-0.15, -0.1) is 11.3 Å². The summed E-state index contributed by atoms with van der Waals surface area (Å²) in [4.78, 5) is 5.66. The highest BCUT2D eigenvalue weighted by Gasteiger charge is 2.26. The Morgan fingerprint density at radius 1 is 1.44 bits per heavy atom. The summed E-state index contributed by atoms with van der Waals surface area (Å²) in [7, 11) is 0. The summed E-state index contributed by atoms with van der Waals surface area (Å²) >= 11 is 1.80. The zero-order valence-electron chi connectivity index (χ0n) is 10.5. The summed E-state index contributed by atoms with van der Waals surface area (Å²) < 4.78 is 0. The predicted molar refractivity (Wildman–Crippen MR) is 69.7 cm³/mol. The van der Waals surface area contributed by atoms with Crippen LogP contribution in [0, 0.1) is 18.8 Å². The van der Waals surface area contributed by atoms with Gasteiger partial charge in [-0.1, -0.05) is 26.7 Å². The molecular formula is C13H22N2S. The maximum Gasteiger partial charge on any atom is 0.0897 e. The highest BCUT2D eigenvalue weighted by Crippen LogP contribution is 2.29. The van der Waals surface area contributed by atoms with Crippen LogP contribution in [0.5, 0.6) is 0 Å². The van der Waals surface area contributed by atoms with Crippen LogP contribution in [0.2, 0.25) is 0 Å². The number of nitrogens with one attached hydrogen (secondary N) is 1. The van der Waals surface area contributed by atoms with Gasteiger partial charge in [0.2, 0.25) is 0 Å². The molecule has 16 heavy (non-hydrogen) atoms. The van der Waals surface area contributed by atoms with E-state index in [1.54, 1.807) is 11.3 Å². The molecule has 1 aromatic heterocycles. The van der Waals surface area contributed by atoms with Crippen molar-refractivity contribution < 1.29 is 0 Å². The lowest BCUT2D eigenvalue weighted by Gasteiger charge is -2.34. The number of hydrogen-bond acceptors (Lipinski definition) is 3. The molecule has 1 aliphatic rings. The third-order valence-electron chi connectivity index (χ3n) is 3.91. The molecule has 2 rings (SSSR count). The minimum Gasteiger partial charge on any atom is -0.309 e. The molecule has 2 nitrogen and oxygen atoms in total. The van der Waals surface area contributed by atoms with Crippen molar-refractivity contribution in [2.45, 2.75) is 52.6 Å². The van der Waals surface area contributed by atoms with Crippen LogP contribution in [0.15, 0.2) is 6.20 Å². The molecule has 3 unspecified atom stereocenters. The lowest BCUT2D eigenvalue weighted by molar-refractivity contribution is 0.206. The highest BCUT2D eigenvalue weighted by atomic mass is 32.1. The Balaban J connectivity index is 1.85. The molecule has 1 heterocycles. The molecule has 0 saturated heterocycles. The minimum absolute atomic E-state index is 0.700. The first-order valence-corrected chi connectivity index (χ1v) is 7.13. The molecule has 1 aliphatic carbocycles. The van der Waals surface area contributed by atoms with Gasteiger partial charge in [-0.25, -0.2) is 4.98 Å². The molecule has 0 aliphatic heterocycles. The first-order chi connectivity index (χ1) is 7.66. The predicted octanol–water partition coefficient (Wildman–Crippen LogP) is 3.37. The zero-order chi connectivity index (χ0) is 11.5. The SMILES string of the molecule is Cc1ncc(CNC2CCCC(C)C2C)s1. The average Bonchev–Trinajstić information content (AvgIpc) is 2.67. The van der Waals surface area contributed by atoms with E-state index in [0.717, 1.165) is 18.4 Å². The van der Waals surface area contributed by atoms with Crippen LogP contribution < -0.4 is 5.32 Å². The largest absolute Gasteiger partial charge is 0.309 e. The van der Waals surface area contributed by atoms with E-state index in [1.807, 2.05) is 6.20 Å². The van der Waals surface area contributed by atoms with Crippen molar-refractivity contribution in [1.29, 1.82) is 0 Å². The van der Waals surface area contributed by atoms with Gasteiger partial charge >= 0.3 is 0 Å². The summed E-state index contributed by atoms with van der Waals surface area (Å²) in [5.41, 5.74) is 0. The molecule has 0 radical (unpaired) electrons. The normalized spacial score (nSPS) is 30.6. The smallest absolute Gasteiger partial charge is 0.0897 e. The fraction of sp³-hybridized carbons (Fsp3) is 0.769. The van der Waals surface area contributed by atoms with Crippen LogP contribution in [0.4, 0.5) is 0 Å². The van der Waals surface area contributed by atoms with Crippen molar-refractivity contribution in [3.8, 4) is 0 Å². The molecule has 1 saturated carbocycles. The second kappa shape index (κ2) is 5.28. The molecule has 3 atom stereocenters. The number of rotatable bonds is 3. The van der Waals surface area contributed by atoms with Gasteiger partial charge in [-0.05, 0) is 25.2 Å². The Morgan fingerprint density at radius 3 is 2.94 bits per heavy atom. The number of thiazole rings is 1. The molecule has 0 amide bonds. The molecule has 1 N–H and O–H groups in total. The van der Waals surface area contributed by atoms with Crippen LogP contribution in [0.1, 0.15) is 43.0 Å². The van der Waals surface area contributed by atoms with Gasteiger partial charge in [0.1, 0.15) is 0 Å². The van der Waals surface area contributed by atoms with E-state index in [1.165, 1.54) is 29.1 Å². The fourth-order valence-corrected chi connectivity index (χ4v) is 3.33. The molecular weight excluding hydrogens is 216 g/mol. The Kier molecular flexibility index (Phi) is 3.98. The maximum atomic E-state index is 4.29. The Hall–Kier alpha value is -0.410. The van der Waals surface area contributed by atoms with E-state index in [4.69, 9.17) is 0 Å². The van der Waals surface area contributed by atoms with Crippen LogP contribution >= 0.6 is 11.3 Å². The zero-order valence-corrected chi connectivity index (χ0v) is 11.3. The number of aryl methyl sites for hydroxylation is 1. The molecule has 1 aromatic rings. The molecule has 0 spiro atoms. The summed E-state index contributed by atoms with van der Waals surface area (Å²) in [5, 5.41) is 4.87. The van der Waals surface area contributed by atoms with Gasteiger partial charge in [0.05, 0.1) is 5.01 Å². The van der Waals surface area contributed by atoms with Crippen molar-refractivity contribution >= 4 is 11.3 Å². The van der Waals surface area contributed by atoms with E-state index in [-0.39, 0.29) is 0 Å². The van der Waals surface area contributed by atoms with Gasteiger partial charge in [0.15, 0.2) is 0 Å². The summed E-state index contributed by atoms with van der Waals surface area (Å²) in [6, 6.07) is 0.700. The lowest BCUT2D eigenvalue weighted by Crippen LogP contribution is -2.40. The molecule has 3 heteroatoms. The number of aromatic nitrogens is 1. The molecule has 0 bridgehead atoms. The maximum absolute atomic E-state index is 4.29. The molecule has 1 fully saturated rings. The summed E-state index contributed by atoms with van der Waals surface area (Å²) in [6.07, 6.45) is 6.12. The van der Waals surface area contributed by atoms with Crippen molar-refractivity contribution in [2.24, 2.45) is 11.8 Å². The lowest BCUT2D eigenvalue weighted by atomic mass is 9.78. The minimum atomic E-state index is 0.700. The van der Waals surface area contributed by atoms with Crippen LogP contribution in [-0.4, -0.2) is 11.0 Å². The van der Waals surface area contributed by atoms with E-state index in [0.29, 0.717) is 6.04 Å². The quantitative estimate of drug-likeness (QED) is 0.873. The first-order valence-electron chi connectivity index (χ1n) is 6.31. The van der Waals surface area contributed by atoms with Crippen molar-refractivity contribution in [3.63, 3.8) is 0 Å². The Morgan fingerprint density at radius 2 is 2.25 bits per heavy atom. The average molecular weight is 238 g/mol. The summed E-state index contributed by atoms with van der Waals surface area (Å²) in [6.45, 7) is 7.83. The van der Waals surface area contributed by atoms with Crippen LogP contribution in [0.3, 0.4) is 0 Å². The van der Waals surface area contributed by atoms with Crippen molar-refractivity contribution in [1.82, 2.24) is 10.3 Å². The topological polar surface area (TPSA) is 24.9 Å². The Bertz CT molecular complexity index is 334. The molecule has 90 valence electrons. The van der Waals surface area contributed by atoms with Gasteiger partial charge in [-0.2, -0.15) is 0 Å². The second-order valence-electron chi connectivity index (χ2n) is 5.10. The third kappa shape index (κ3) is 2.83. The van der Waals surface area contributed by atoms with Crippen molar-refractivity contribution in [2.75, 3.05) is 0 Å². The van der Waals surface area contributed by atoms with Gasteiger partial charge in [-0.3, -0.25) is 0 Å². The highest BCUT2D eigenvalue weighted by molar-refractivity contribution is 7.11. The number of hydrogen-bond donors (Lipinski definition) is 1. The van der Waals surface area contributed by atoms with E-state index >= 15 is 0 Å². The van der Waals surface area contributed by atoms with E-state index < -0.39 is 0 Å². The van der Waals surface area contributed by atoms with E-state index in [2.05, 4.69) is 31.1 Å². The first kappa shape index (κ1) is 12.1. The standard InChI is InChI=1S/C13H22N2S/c1-9-5-4-6-13(10(9)2)15-8-12-7-14-11(3)16-12/h7,9-10,13,15H,4-6,8H2,1-3H3. The summed E-state index contributed by atoms with van der Waals surface area (Å²) in [5.74, 6) is 1.68. The van der Waals surface area contributed by atoms with Crippen LogP contribution in [-0.2, 0) is 6.54 Å². The van der Waals surface area contributed by atoms with Crippen molar-refractivity contribution in [3.05, 3.63) is 16.1 Å². The van der Waals surface area contributed by atoms with Gasteiger partial charge in [0, 0.05) is 23.7 Å².